The Labute approximate surface area is 109 Å². The van der Waals surface area contributed by atoms with Gasteiger partial charge < -0.3 is 15.3 Å². The molecule has 0 saturated carbocycles. The zero-order valence-electron chi connectivity index (χ0n) is 11.7. The second kappa shape index (κ2) is 5.69. The molecule has 0 aromatic rings. The van der Waals surface area contributed by atoms with Gasteiger partial charge in [-0.25, -0.2) is 0 Å². The number of amides is 1. The molecule has 0 radical (unpaired) electrons. The first-order valence-corrected chi connectivity index (χ1v) is 6.50. The van der Waals surface area contributed by atoms with E-state index in [1.807, 2.05) is 6.92 Å². The Kier molecular flexibility index (Phi) is 4.73. The normalized spacial score (nSPS) is 22.7. The molecule has 0 aromatic heterocycles. The fourth-order valence-corrected chi connectivity index (χ4v) is 2.34. The summed E-state index contributed by atoms with van der Waals surface area (Å²) in [4.78, 5) is 25.2. The number of carboxylic acid groups (broad SMARTS) is 1. The van der Waals surface area contributed by atoms with Crippen LogP contribution in [0.15, 0.2) is 0 Å². The first-order chi connectivity index (χ1) is 8.30. The molecule has 0 aromatic carbocycles. The zero-order valence-corrected chi connectivity index (χ0v) is 11.7. The van der Waals surface area contributed by atoms with E-state index in [1.165, 1.54) is 0 Å². The van der Waals surface area contributed by atoms with Crippen molar-refractivity contribution in [1.82, 2.24) is 10.2 Å². The molecule has 1 aliphatic rings. The summed E-state index contributed by atoms with van der Waals surface area (Å²) in [6, 6.07) is -0.211. The van der Waals surface area contributed by atoms with Crippen LogP contribution in [0.3, 0.4) is 0 Å². The van der Waals surface area contributed by atoms with Crippen molar-refractivity contribution in [2.75, 3.05) is 20.1 Å². The van der Waals surface area contributed by atoms with Crippen LogP contribution in [0.1, 0.15) is 33.6 Å². The van der Waals surface area contributed by atoms with E-state index in [1.54, 1.807) is 25.8 Å². The molecular formula is C13H24N2O3. The summed E-state index contributed by atoms with van der Waals surface area (Å²) >= 11 is 0. The van der Waals surface area contributed by atoms with Crippen molar-refractivity contribution in [1.29, 1.82) is 0 Å². The van der Waals surface area contributed by atoms with E-state index in [2.05, 4.69) is 5.32 Å². The van der Waals surface area contributed by atoms with Gasteiger partial charge in [-0.3, -0.25) is 9.59 Å². The highest BCUT2D eigenvalue weighted by molar-refractivity contribution is 5.81. The lowest BCUT2D eigenvalue weighted by Crippen LogP contribution is -2.51. The van der Waals surface area contributed by atoms with Gasteiger partial charge in [0.2, 0.25) is 5.91 Å². The Bertz CT molecular complexity index is 328. The van der Waals surface area contributed by atoms with Crippen molar-refractivity contribution in [3.05, 3.63) is 0 Å². The summed E-state index contributed by atoms with van der Waals surface area (Å²) in [7, 11) is 1.76. The van der Waals surface area contributed by atoms with Gasteiger partial charge in [0.05, 0.1) is 11.5 Å². The van der Waals surface area contributed by atoms with Gasteiger partial charge in [-0.2, -0.15) is 0 Å². The maximum atomic E-state index is 12.1. The third kappa shape index (κ3) is 3.02. The van der Waals surface area contributed by atoms with Crippen LogP contribution in [0.2, 0.25) is 0 Å². The molecule has 18 heavy (non-hydrogen) atoms. The smallest absolute Gasteiger partial charge is 0.309 e. The molecule has 5 nitrogen and oxygen atoms in total. The number of carbonyl (C=O) groups excluding carboxylic acids is 1. The van der Waals surface area contributed by atoms with Gasteiger partial charge in [-0.05, 0) is 46.6 Å². The van der Waals surface area contributed by atoms with E-state index < -0.39 is 11.4 Å². The van der Waals surface area contributed by atoms with Crippen LogP contribution < -0.4 is 5.32 Å². The largest absolute Gasteiger partial charge is 0.481 e. The highest BCUT2D eigenvalue weighted by atomic mass is 16.4. The topological polar surface area (TPSA) is 69.6 Å². The number of nitrogens with zero attached hydrogens (tertiary/aromatic N) is 1. The average Bonchev–Trinajstić information content (AvgIpc) is 2.36. The summed E-state index contributed by atoms with van der Waals surface area (Å²) in [5, 5.41) is 12.2. The molecule has 1 heterocycles. The van der Waals surface area contributed by atoms with Crippen LogP contribution in [-0.2, 0) is 9.59 Å². The SMILES string of the molecule is CNC(C)C(=O)N1CCCC(C(C)(C)C(=O)O)C1. The van der Waals surface area contributed by atoms with Crippen molar-refractivity contribution >= 4 is 11.9 Å². The van der Waals surface area contributed by atoms with E-state index in [0.29, 0.717) is 6.54 Å². The fraction of sp³-hybridized carbons (Fsp3) is 0.846. The lowest BCUT2D eigenvalue weighted by Gasteiger charge is -2.40. The summed E-state index contributed by atoms with van der Waals surface area (Å²) < 4.78 is 0. The third-order valence-corrected chi connectivity index (χ3v) is 4.11. The monoisotopic (exact) mass is 256 g/mol. The molecule has 0 aliphatic carbocycles. The molecule has 1 saturated heterocycles. The molecular weight excluding hydrogens is 232 g/mol. The average molecular weight is 256 g/mol. The molecule has 5 heteroatoms. The Morgan fingerprint density at radius 2 is 2.06 bits per heavy atom. The Morgan fingerprint density at radius 1 is 1.44 bits per heavy atom. The predicted octanol–water partition coefficient (Wildman–Crippen LogP) is 0.944. The summed E-state index contributed by atoms with van der Waals surface area (Å²) in [5.41, 5.74) is -0.776. The number of rotatable bonds is 4. The lowest BCUT2D eigenvalue weighted by atomic mass is 9.74. The summed E-state index contributed by atoms with van der Waals surface area (Å²) in [5.74, 6) is -0.705. The molecule has 2 N–H and O–H groups in total. The number of carboxylic acids is 1. The maximum Gasteiger partial charge on any atom is 0.309 e. The van der Waals surface area contributed by atoms with Gasteiger partial charge in [0, 0.05) is 13.1 Å². The van der Waals surface area contributed by atoms with Crippen LogP contribution in [0.5, 0.6) is 0 Å². The second-order valence-electron chi connectivity index (χ2n) is 5.66. The van der Waals surface area contributed by atoms with Gasteiger partial charge in [-0.1, -0.05) is 0 Å². The Hall–Kier alpha value is -1.10. The van der Waals surface area contributed by atoms with Crippen molar-refractivity contribution in [3.8, 4) is 0 Å². The minimum absolute atomic E-state index is 0.0248. The quantitative estimate of drug-likeness (QED) is 0.785. The zero-order chi connectivity index (χ0) is 13.9. The minimum atomic E-state index is -0.788. The summed E-state index contributed by atoms with van der Waals surface area (Å²) in [6.07, 6.45) is 1.75. The number of hydrogen-bond donors (Lipinski definition) is 2. The van der Waals surface area contributed by atoms with E-state index in [4.69, 9.17) is 0 Å². The number of hydrogen-bond acceptors (Lipinski definition) is 3. The van der Waals surface area contributed by atoms with Crippen molar-refractivity contribution in [2.45, 2.75) is 39.7 Å². The van der Waals surface area contributed by atoms with Gasteiger partial charge in [0.25, 0.3) is 0 Å². The van der Waals surface area contributed by atoms with Gasteiger partial charge >= 0.3 is 5.97 Å². The Morgan fingerprint density at radius 3 is 2.56 bits per heavy atom. The molecule has 2 unspecified atom stereocenters. The van der Waals surface area contributed by atoms with E-state index in [0.717, 1.165) is 19.4 Å². The van der Waals surface area contributed by atoms with E-state index in [9.17, 15) is 14.7 Å². The second-order valence-corrected chi connectivity index (χ2v) is 5.66. The molecule has 1 aliphatic heterocycles. The lowest BCUT2D eigenvalue weighted by molar-refractivity contribution is -0.153. The minimum Gasteiger partial charge on any atom is -0.481 e. The number of carbonyl (C=O) groups is 2. The number of aliphatic carboxylic acids is 1. The van der Waals surface area contributed by atoms with E-state index >= 15 is 0 Å². The Balaban J connectivity index is 2.73. The fourth-order valence-electron chi connectivity index (χ4n) is 2.34. The molecule has 1 amide bonds. The standard InChI is InChI=1S/C13H24N2O3/c1-9(14-4)11(16)15-7-5-6-10(8-15)13(2,3)12(17)18/h9-10,14H,5-8H2,1-4H3,(H,17,18). The first-order valence-electron chi connectivity index (χ1n) is 6.50. The van der Waals surface area contributed by atoms with Crippen LogP contribution in [0, 0.1) is 11.3 Å². The van der Waals surface area contributed by atoms with Crippen molar-refractivity contribution in [3.63, 3.8) is 0 Å². The van der Waals surface area contributed by atoms with Crippen LogP contribution in [0.4, 0.5) is 0 Å². The first kappa shape index (κ1) is 15.0. The van der Waals surface area contributed by atoms with Gasteiger partial charge in [-0.15, -0.1) is 0 Å². The van der Waals surface area contributed by atoms with Gasteiger partial charge in [0.15, 0.2) is 0 Å². The highest BCUT2D eigenvalue weighted by Gasteiger charge is 2.40. The molecule has 104 valence electrons. The van der Waals surface area contributed by atoms with Crippen molar-refractivity contribution in [2.24, 2.45) is 11.3 Å². The number of likely N-dealkylation sites (tertiary alicyclic amines) is 1. The van der Waals surface area contributed by atoms with Crippen LogP contribution in [0.25, 0.3) is 0 Å². The number of likely N-dealkylation sites (N-methyl/N-ethyl adjacent to an activating group) is 1. The number of piperidine rings is 1. The predicted molar refractivity (Wildman–Crippen MR) is 69.2 cm³/mol. The van der Waals surface area contributed by atoms with Crippen LogP contribution >= 0.6 is 0 Å². The van der Waals surface area contributed by atoms with E-state index in [-0.39, 0.29) is 17.9 Å². The molecule has 0 bridgehead atoms. The van der Waals surface area contributed by atoms with Gasteiger partial charge in [0.1, 0.15) is 0 Å². The molecule has 0 spiro atoms. The highest BCUT2D eigenvalue weighted by Crippen LogP contribution is 2.34. The molecule has 1 rings (SSSR count). The maximum absolute atomic E-state index is 12.1. The molecule has 1 fully saturated rings. The summed E-state index contributed by atoms with van der Waals surface area (Å²) in [6.45, 7) is 6.60. The van der Waals surface area contributed by atoms with Crippen LogP contribution in [-0.4, -0.2) is 48.1 Å². The molecule has 2 atom stereocenters. The number of nitrogens with one attached hydrogen (secondary N) is 1. The third-order valence-electron chi connectivity index (χ3n) is 4.11. The van der Waals surface area contributed by atoms with Crippen molar-refractivity contribution < 1.29 is 14.7 Å².